The lowest BCUT2D eigenvalue weighted by atomic mass is 10.2. The predicted molar refractivity (Wildman–Crippen MR) is 47.8 cm³/mol. The quantitative estimate of drug-likeness (QED) is 0.391. The summed E-state index contributed by atoms with van der Waals surface area (Å²) in [5, 5.41) is 43.3. The van der Waals surface area contributed by atoms with Crippen molar-refractivity contribution in [1.82, 2.24) is 0 Å². The zero-order valence-corrected chi connectivity index (χ0v) is 7.74. The van der Waals surface area contributed by atoms with Gasteiger partial charge in [-0.1, -0.05) is 30.3 Å². The second kappa shape index (κ2) is 4.23. The molecule has 6 nitrogen and oxygen atoms in total. The zero-order valence-electron chi connectivity index (χ0n) is 7.74. The van der Waals surface area contributed by atoms with Gasteiger partial charge in [-0.2, -0.15) is 0 Å². The van der Waals surface area contributed by atoms with Crippen molar-refractivity contribution in [2.45, 2.75) is 18.6 Å². The standard InChI is InChI=1S/C9H12O6/c10-8(11,12)9(13,14)15-6-7-4-2-1-3-5-7/h1-5,10-14H,6H2. The molecule has 84 valence electrons. The fourth-order valence-corrected chi connectivity index (χ4v) is 0.855. The Hall–Kier alpha value is -1.02. The van der Waals surface area contributed by atoms with Gasteiger partial charge in [-0.05, 0) is 5.56 Å². The number of aliphatic hydroxyl groups is 5. The van der Waals surface area contributed by atoms with Gasteiger partial charge in [0.1, 0.15) is 0 Å². The SMILES string of the molecule is OC(O)(O)C(O)(O)OCc1ccccc1. The molecule has 0 bridgehead atoms. The molecule has 6 heteroatoms. The average molecular weight is 216 g/mol. The molecule has 1 aromatic carbocycles. The summed E-state index contributed by atoms with van der Waals surface area (Å²) in [5.74, 6) is -7.18. The van der Waals surface area contributed by atoms with Crippen LogP contribution in [0, 0.1) is 0 Å². The summed E-state index contributed by atoms with van der Waals surface area (Å²) < 4.78 is 4.34. The van der Waals surface area contributed by atoms with E-state index in [2.05, 4.69) is 4.74 Å². The highest BCUT2D eigenvalue weighted by Gasteiger charge is 2.48. The van der Waals surface area contributed by atoms with E-state index in [1.165, 1.54) is 0 Å². The highest BCUT2D eigenvalue weighted by Crippen LogP contribution is 2.17. The predicted octanol–water partition coefficient (Wildman–Crippen LogP) is -1.53. The Balaban J connectivity index is 2.58. The maximum atomic E-state index is 8.90. The molecule has 0 saturated heterocycles. The minimum Gasteiger partial charge on any atom is -0.337 e. The molecule has 15 heavy (non-hydrogen) atoms. The van der Waals surface area contributed by atoms with Crippen LogP contribution < -0.4 is 0 Å². The van der Waals surface area contributed by atoms with E-state index in [0.717, 1.165) is 0 Å². The largest absolute Gasteiger partial charge is 0.365 e. The third-order valence-corrected chi connectivity index (χ3v) is 1.72. The first kappa shape index (κ1) is 12.1. The summed E-state index contributed by atoms with van der Waals surface area (Å²) in [6, 6.07) is 8.40. The van der Waals surface area contributed by atoms with E-state index in [0.29, 0.717) is 5.56 Å². The van der Waals surface area contributed by atoms with Gasteiger partial charge in [0.25, 0.3) is 0 Å². The third kappa shape index (κ3) is 3.24. The average Bonchev–Trinajstić information content (AvgIpc) is 2.15. The van der Waals surface area contributed by atoms with E-state index in [1.54, 1.807) is 30.3 Å². The molecule has 0 atom stereocenters. The monoisotopic (exact) mass is 216 g/mol. The topological polar surface area (TPSA) is 110 Å². The molecule has 0 fully saturated rings. The highest BCUT2D eigenvalue weighted by atomic mass is 16.8. The van der Waals surface area contributed by atoms with Crippen LogP contribution >= 0.6 is 0 Å². The lowest BCUT2D eigenvalue weighted by molar-refractivity contribution is -0.524. The van der Waals surface area contributed by atoms with Crippen LogP contribution in [-0.2, 0) is 11.3 Å². The lowest BCUT2D eigenvalue weighted by Gasteiger charge is -2.28. The Labute approximate surface area is 85.6 Å². The normalized spacial score (nSPS) is 12.9. The van der Waals surface area contributed by atoms with E-state index in [4.69, 9.17) is 25.5 Å². The fourth-order valence-electron chi connectivity index (χ4n) is 0.855. The molecule has 0 aliphatic rings. The molecule has 1 aromatic rings. The van der Waals surface area contributed by atoms with Gasteiger partial charge in [0.05, 0.1) is 6.61 Å². The molecule has 0 spiro atoms. The smallest absolute Gasteiger partial charge is 0.337 e. The molecular weight excluding hydrogens is 204 g/mol. The van der Waals surface area contributed by atoms with E-state index >= 15 is 0 Å². The molecule has 0 aliphatic heterocycles. The van der Waals surface area contributed by atoms with Gasteiger partial charge in [0.2, 0.25) is 0 Å². The van der Waals surface area contributed by atoms with Crippen LogP contribution in [0.1, 0.15) is 5.56 Å². The first-order valence-electron chi connectivity index (χ1n) is 4.13. The van der Waals surface area contributed by atoms with Gasteiger partial charge in [-0.15, -0.1) is 0 Å². The van der Waals surface area contributed by atoms with Crippen LogP contribution in [-0.4, -0.2) is 37.5 Å². The number of rotatable bonds is 4. The summed E-state index contributed by atoms with van der Waals surface area (Å²) in [6.07, 6.45) is 0. The van der Waals surface area contributed by atoms with E-state index in [9.17, 15) is 0 Å². The Bertz CT molecular complexity index is 302. The van der Waals surface area contributed by atoms with Crippen LogP contribution in [0.3, 0.4) is 0 Å². The van der Waals surface area contributed by atoms with Crippen LogP contribution in [0.25, 0.3) is 0 Å². The molecule has 0 aliphatic carbocycles. The molecule has 0 heterocycles. The summed E-state index contributed by atoms with van der Waals surface area (Å²) in [5.41, 5.74) is 0.578. The molecule has 0 amide bonds. The van der Waals surface area contributed by atoms with Crippen molar-refractivity contribution in [2.75, 3.05) is 0 Å². The van der Waals surface area contributed by atoms with Crippen molar-refractivity contribution in [3.05, 3.63) is 35.9 Å². The first-order valence-corrected chi connectivity index (χ1v) is 4.13. The summed E-state index contributed by atoms with van der Waals surface area (Å²) in [6.45, 7) is -0.294. The molecule has 1 rings (SSSR count). The van der Waals surface area contributed by atoms with E-state index in [-0.39, 0.29) is 6.61 Å². The molecule has 0 unspecified atom stereocenters. The second-order valence-corrected chi connectivity index (χ2v) is 3.02. The number of hydrogen-bond donors (Lipinski definition) is 5. The minimum absolute atomic E-state index is 0.294. The van der Waals surface area contributed by atoms with Crippen molar-refractivity contribution in [3.8, 4) is 0 Å². The van der Waals surface area contributed by atoms with Crippen molar-refractivity contribution < 1.29 is 30.3 Å². The van der Waals surface area contributed by atoms with Crippen LogP contribution in [0.5, 0.6) is 0 Å². The highest BCUT2D eigenvalue weighted by molar-refractivity contribution is 5.13. The lowest BCUT2D eigenvalue weighted by Crippen LogP contribution is -2.56. The molecule has 0 aromatic heterocycles. The number of ether oxygens (including phenoxy) is 1. The minimum atomic E-state index is -3.73. The molecule has 0 radical (unpaired) electrons. The molecular formula is C9H12O6. The van der Waals surface area contributed by atoms with Crippen molar-refractivity contribution >= 4 is 0 Å². The second-order valence-electron chi connectivity index (χ2n) is 3.02. The third-order valence-electron chi connectivity index (χ3n) is 1.72. The van der Waals surface area contributed by atoms with Crippen LogP contribution in [0.4, 0.5) is 0 Å². The summed E-state index contributed by atoms with van der Waals surface area (Å²) in [7, 11) is 0. The Morgan fingerprint density at radius 1 is 0.933 bits per heavy atom. The van der Waals surface area contributed by atoms with E-state index in [1.807, 2.05) is 0 Å². The summed E-state index contributed by atoms with van der Waals surface area (Å²) >= 11 is 0. The maximum absolute atomic E-state index is 8.90. The van der Waals surface area contributed by atoms with Gasteiger partial charge < -0.3 is 30.3 Å². The van der Waals surface area contributed by atoms with Crippen LogP contribution in [0.2, 0.25) is 0 Å². The van der Waals surface area contributed by atoms with Crippen molar-refractivity contribution in [3.63, 3.8) is 0 Å². The van der Waals surface area contributed by atoms with Gasteiger partial charge >= 0.3 is 11.9 Å². The summed E-state index contributed by atoms with van der Waals surface area (Å²) in [4.78, 5) is 0. The Morgan fingerprint density at radius 3 is 1.93 bits per heavy atom. The molecule has 0 saturated carbocycles. The fraction of sp³-hybridized carbons (Fsp3) is 0.333. The van der Waals surface area contributed by atoms with Gasteiger partial charge in [-0.3, -0.25) is 0 Å². The maximum Gasteiger partial charge on any atom is 0.365 e. The van der Waals surface area contributed by atoms with Crippen molar-refractivity contribution in [1.29, 1.82) is 0 Å². The number of hydrogen-bond acceptors (Lipinski definition) is 6. The van der Waals surface area contributed by atoms with Gasteiger partial charge in [0.15, 0.2) is 0 Å². The number of benzene rings is 1. The van der Waals surface area contributed by atoms with Crippen molar-refractivity contribution in [2.24, 2.45) is 0 Å². The Morgan fingerprint density at radius 2 is 1.47 bits per heavy atom. The van der Waals surface area contributed by atoms with Gasteiger partial charge in [0, 0.05) is 0 Å². The Kier molecular flexibility index (Phi) is 3.40. The molecule has 5 N–H and O–H groups in total. The zero-order chi connectivity index (χ0) is 11.5. The van der Waals surface area contributed by atoms with Gasteiger partial charge in [-0.25, -0.2) is 0 Å². The van der Waals surface area contributed by atoms with Crippen LogP contribution in [0.15, 0.2) is 30.3 Å². The first-order chi connectivity index (χ1) is 6.83. The van der Waals surface area contributed by atoms with E-state index < -0.39 is 11.9 Å².